The zero-order valence-corrected chi connectivity index (χ0v) is 8.53. The monoisotopic (exact) mass is 219 g/mol. The molecule has 16 heavy (non-hydrogen) atoms. The van der Waals surface area contributed by atoms with Crippen molar-refractivity contribution >= 4 is 5.91 Å². The van der Waals surface area contributed by atoms with Crippen molar-refractivity contribution in [2.75, 3.05) is 0 Å². The van der Waals surface area contributed by atoms with E-state index in [0.717, 1.165) is 6.42 Å². The number of aromatic nitrogens is 1. The van der Waals surface area contributed by atoms with Crippen molar-refractivity contribution in [1.29, 1.82) is 5.26 Å². The Hall–Kier alpha value is -1.96. The molecular formula is C11H10FN3O. The van der Waals surface area contributed by atoms with E-state index in [0.29, 0.717) is 12.8 Å². The van der Waals surface area contributed by atoms with Crippen LogP contribution in [0.4, 0.5) is 4.39 Å². The number of carbonyl (C=O) groups is 1. The number of nitrogens with one attached hydrogen (secondary N) is 1. The highest BCUT2D eigenvalue weighted by atomic mass is 19.1. The van der Waals surface area contributed by atoms with Crippen LogP contribution < -0.4 is 5.32 Å². The molecule has 1 saturated carbocycles. The second-order valence-electron chi connectivity index (χ2n) is 3.84. The number of carbonyl (C=O) groups excluding carboxylic acids is 1. The van der Waals surface area contributed by atoms with Crippen LogP contribution in [-0.2, 0) is 0 Å². The summed E-state index contributed by atoms with van der Waals surface area (Å²) < 4.78 is 13.2. The van der Waals surface area contributed by atoms with Gasteiger partial charge in [-0.2, -0.15) is 9.65 Å². The molecule has 0 radical (unpaired) electrons. The van der Waals surface area contributed by atoms with Gasteiger partial charge in [0.15, 0.2) is 0 Å². The smallest absolute Gasteiger partial charge is 0.257 e. The number of halogens is 1. The molecule has 4 nitrogen and oxygen atoms in total. The molecule has 0 aromatic carbocycles. The van der Waals surface area contributed by atoms with Crippen LogP contribution in [0.1, 0.15) is 29.6 Å². The Balaban J connectivity index is 2.15. The van der Waals surface area contributed by atoms with E-state index in [1.54, 1.807) is 0 Å². The van der Waals surface area contributed by atoms with Crippen molar-refractivity contribution in [2.45, 2.75) is 24.8 Å². The van der Waals surface area contributed by atoms with Gasteiger partial charge in [-0.15, -0.1) is 0 Å². The van der Waals surface area contributed by atoms with Gasteiger partial charge in [-0.05, 0) is 31.4 Å². The molecule has 1 N–H and O–H groups in total. The number of amides is 1. The van der Waals surface area contributed by atoms with E-state index >= 15 is 0 Å². The third kappa shape index (κ3) is 1.74. The molecule has 0 aliphatic heterocycles. The zero-order valence-electron chi connectivity index (χ0n) is 8.53. The average Bonchev–Trinajstić information content (AvgIpc) is 2.24. The fourth-order valence-corrected chi connectivity index (χ4v) is 1.64. The van der Waals surface area contributed by atoms with Crippen LogP contribution in [-0.4, -0.2) is 16.4 Å². The number of nitriles is 1. The minimum atomic E-state index is -0.813. The van der Waals surface area contributed by atoms with E-state index in [-0.39, 0.29) is 5.56 Å². The van der Waals surface area contributed by atoms with Crippen molar-refractivity contribution in [3.8, 4) is 6.07 Å². The van der Waals surface area contributed by atoms with Crippen molar-refractivity contribution < 1.29 is 9.18 Å². The van der Waals surface area contributed by atoms with Crippen molar-refractivity contribution in [3.05, 3.63) is 29.8 Å². The van der Waals surface area contributed by atoms with E-state index < -0.39 is 17.4 Å². The average molecular weight is 219 g/mol. The minimum absolute atomic E-state index is 0.121. The molecule has 0 saturated heterocycles. The number of pyridine rings is 1. The summed E-state index contributed by atoms with van der Waals surface area (Å²) in [5, 5.41) is 11.5. The summed E-state index contributed by atoms with van der Waals surface area (Å²) in [5.41, 5.74) is -0.927. The van der Waals surface area contributed by atoms with Gasteiger partial charge < -0.3 is 5.32 Å². The predicted molar refractivity (Wildman–Crippen MR) is 53.9 cm³/mol. The second-order valence-corrected chi connectivity index (χ2v) is 3.84. The Morgan fingerprint density at radius 2 is 2.38 bits per heavy atom. The maximum absolute atomic E-state index is 13.2. The molecular weight excluding hydrogens is 209 g/mol. The number of hydrogen-bond acceptors (Lipinski definition) is 3. The minimum Gasteiger partial charge on any atom is -0.334 e. The molecule has 1 amide bonds. The largest absolute Gasteiger partial charge is 0.334 e. The van der Waals surface area contributed by atoms with Gasteiger partial charge >= 0.3 is 0 Å². The highest BCUT2D eigenvalue weighted by Crippen LogP contribution is 2.31. The lowest BCUT2D eigenvalue weighted by atomic mass is 9.78. The molecule has 1 aromatic heterocycles. The van der Waals surface area contributed by atoms with E-state index in [1.807, 2.05) is 0 Å². The van der Waals surface area contributed by atoms with Gasteiger partial charge in [-0.3, -0.25) is 4.79 Å². The van der Waals surface area contributed by atoms with Crippen LogP contribution in [0.25, 0.3) is 0 Å². The van der Waals surface area contributed by atoms with E-state index in [4.69, 9.17) is 5.26 Å². The number of nitrogens with zero attached hydrogens (tertiary/aromatic N) is 2. The molecule has 5 heteroatoms. The Bertz CT molecular complexity index is 463. The Morgan fingerprint density at radius 1 is 1.62 bits per heavy atom. The molecule has 0 atom stereocenters. The van der Waals surface area contributed by atoms with E-state index in [1.165, 1.54) is 18.3 Å². The van der Waals surface area contributed by atoms with Gasteiger partial charge in [0.25, 0.3) is 5.91 Å². The van der Waals surface area contributed by atoms with Crippen LogP contribution in [0.15, 0.2) is 18.3 Å². The first-order valence-corrected chi connectivity index (χ1v) is 5.01. The van der Waals surface area contributed by atoms with Crippen molar-refractivity contribution in [2.24, 2.45) is 0 Å². The summed E-state index contributed by atoms with van der Waals surface area (Å²) in [5.74, 6) is -1.39. The van der Waals surface area contributed by atoms with E-state index in [2.05, 4.69) is 16.4 Å². The Labute approximate surface area is 92.1 Å². The number of hydrogen-bond donors (Lipinski definition) is 1. The summed E-state index contributed by atoms with van der Waals surface area (Å²) in [6.45, 7) is 0. The molecule has 1 aliphatic carbocycles. The standard InChI is InChI=1S/C11H10FN3O/c12-9-8(3-1-6-14-9)10(16)15-11(7-13)4-2-5-11/h1,3,6H,2,4-5H2,(H,15,16). The molecule has 0 bridgehead atoms. The van der Waals surface area contributed by atoms with Crippen LogP contribution in [0.3, 0.4) is 0 Å². The van der Waals surface area contributed by atoms with Crippen LogP contribution >= 0.6 is 0 Å². The normalized spacial score (nSPS) is 17.0. The molecule has 0 unspecified atom stereocenters. The van der Waals surface area contributed by atoms with Gasteiger partial charge in [0.1, 0.15) is 5.54 Å². The molecule has 2 rings (SSSR count). The summed E-state index contributed by atoms with van der Waals surface area (Å²) >= 11 is 0. The highest BCUT2D eigenvalue weighted by Gasteiger charge is 2.39. The zero-order chi connectivity index (χ0) is 11.6. The molecule has 1 aliphatic rings. The van der Waals surface area contributed by atoms with Crippen molar-refractivity contribution in [1.82, 2.24) is 10.3 Å². The van der Waals surface area contributed by atoms with Gasteiger partial charge in [0.05, 0.1) is 11.6 Å². The maximum atomic E-state index is 13.2. The van der Waals surface area contributed by atoms with Gasteiger partial charge in [0, 0.05) is 6.20 Å². The predicted octanol–water partition coefficient (Wildman–Crippen LogP) is 1.40. The lowest BCUT2D eigenvalue weighted by molar-refractivity contribution is 0.0876. The second kappa shape index (κ2) is 3.89. The van der Waals surface area contributed by atoms with Crippen LogP contribution in [0.2, 0.25) is 0 Å². The summed E-state index contributed by atoms with van der Waals surface area (Å²) in [6, 6.07) is 4.89. The third-order valence-corrected chi connectivity index (χ3v) is 2.78. The fraction of sp³-hybridized carbons (Fsp3) is 0.364. The Kier molecular flexibility index (Phi) is 2.57. The topological polar surface area (TPSA) is 65.8 Å². The lowest BCUT2D eigenvalue weighted by Crippen LogP contribution is -2.52. The summed E-state index contributed by atoms with van der Waals surface area (Å²) in [4.78, 5) is 15.1. The molecule has 1 aromatic rings. The first-order valence-electron chi connectivity index (χ1n) is 5.01. The molecule has 82 valence electrons. The quantitative estimate of drug-likeness (QED) is 0.764. The number of rotatable bonds is 2. The molecule has 1 heterocycles. The molecule has 1 fully saturated rings. The summed E-state index contributed by atoms with van der Waals surface area (Å²) in [7, 11) is 0. The first kappa shape index (κ1) is 10.6. The SMILES string of the molecule is N#CC1(NC(=O)c2cccnc2F)CCC1. The highest BCUT2D eigenvalue weighted by molar-refractivity contribution is 5.94. The third-order valence-electron chi connectivity index (χ3n) is 2.78. The van der Waals surface area contributed by atoms with Crippen LogP contribution in [0.5, 0.6) is 0 Å². The maximum Gasteiger partial charge on any atom is 0.257 e. The first-order chi connectivity index (χ1) is 7.67. The molecule has 0 spiro atoms. The Morgan fingerprint density at radius 3 is 2.88 bits per heavy atom. The van der Waals surface area contributed by atoms with Gasteiger partial charge in [-0.25, -0.2) is 4.98 Å². The van der Waals surface area contributed by atoms with Gasteiger partial charge in [-0.1, -0.05) is 0 Å². The summed E-state index contributed by atoms with van der Waals surface area (Å²) in [6.07, 6.45) is 3.42. The van der Waals surface area contributed by atoms with E-state index in [9.17, 15) is 9.18 Å². The fourth-order valence-electron chi connectivity index (χ4n) is 1.64. The van der Waals surface area contributed by atoms with Crippen LogP contribution in [0, 0.1) is 17.3 Å². The van der Waals surface area contributed by atoms with Gasteiger partial charge in [0.2, 0.25) is 5.95 Å². The lowest BCUT2D eigenvalue weighted by Gasteiger charge is -2.35. The van der Waals surface area contributed by atoms with Crippen molar-refractivity contribution in [3.63, 3.8) is 0 Å².